The van der Waals surface area contributed by atoms with E-state index in [4.69, 9.17) is 42.6 Å². The lowest BCUT2D eigenvalue weighted by molar-refractivity contribution is -0.146. The maximum absolute atomic E-state index is 12.1. The van der Waals surface area contributed by atoms with Gasteiger partial charge in [-0.05, 0) is 242 Å². The average molecular weight is 2060 g/mol. The summed E-state index contributed by atoms with van der Waals surface area (Å²) in [5.41, 5.74) is 8.69. The summed E-state index contributed by atoms with van der Waals surface area (Å²) in [6, 6.07) is 58.3. The number of benzene rings is 10. The minimum absolute atomic E-state index is 0.162. The molecule has 10 aromatic carbocycles. The molecule has 0 spiro atoms. The van der Waals surface area contributed by atoms with Crippen LogP contribution in [0.3, 0.4) is 0 Å². The van der Waals surface area contributed by atoms with Gasteiger partial charge in [-0.1, -0.05) is 393 Å². The number of halogens is 1. The molecule has 0 bridgehead atoms. The lowest BCUT2D eigenvalue weighted by Gasteiger charge is -2.20. The largest absolute Gasteiger partial charge is 0.508 e. The molecule has 0 saturated carbocycles. The van der Waals surface area contributed by atoms with E-state index in [1.165, 1.54) is 186 Å². The van der Waals surface area contributed by atoms with Crippen molar-refractivity contribution in [1.82, 2.24) is 0 Å². The molecule has 0 atom stereocenters. The minimum Gasteiger partial charge on any atom is -0.508 e. The molecule has 0 aliphatic carbocycles. The van der Waals surface area contributed by atoms with Gasteiger partial charge in [-0.3, -0.25) is 14.4 Å². The number of unbranched alkanes of at least 4 members (excludes halogenated alkanes) is 40. The van der Waals surface area contributed by atoms with E-state index in [0.717, 1.165) is 243 Å². The summed E-state index contributed by atoms with van der Waals surface area (Å²) in [6.07, 6.45) is 64.7. The van der Waals surface area contributed by atoms with Crippen molar-refractivity contribution >= 4 is 76.9 Å². The SMILES string of the molecule is C=CC(C=C)OC(=O)CCCCCCCBr.C=CC(C=C)OC(=O)CCCCCCCOc1ccc(-c2ccc3c(OCCCCCCCCCC)c4cc(-c5ccc(OCCCCCCCC(=O)OC(C=C)C=C)cc5)ccc4c(OCCCCCCCCCC)c3c2)cc1.CCCCCCCCCCOc1c2ccc(-c3ccc(O)cc3)cc2c(OCCCCCCCCCC)c2ccc(-c3ccc(O)cc3)cc12. The van der Waals surface area contributed by atoms with Crippen LogP contribution in [-0.4, -0.2) is 91.4 Å². The molecule has 146 heavy (non-hydrogen) atoms. The van der Waals surface area contributed by atoms with Gasteiger partial charge in [0.2, 0.25) is 0 Å². The maximum atomic E-state index is 12.1. The first-order valence-electron chi connectivity index (χ1n) is 56.2. The van der Waals surface area contributed by atoms with Crippen molar-refractivity contribution in [3.8, 4) is 90.5 Å². The molecule has 792 valence electrons. The summed E-state index contributed by atoms with van der Waals surface area (Å²) in [5, 5.41) is 29.4. The molecule has 2 N–H and O–H groups in total. The number of phenolic OH excluding ortho intramolecular Hbond substituents is 2. The van der Waals surface area contributed by atoms with Gasteiger partial charge in [0.15, 0.2) is 0 Å². The van der Waals surface area contributed by atoms with Crippen LogP contribution in [0, 0.1) is 0 Å². The van der Waals surface area contributed by atoms with Crippen molar-refractivity contribution in [2.24, 2.45) is 0 Å². The number of esters is 3. The zero-order chi connectivity index (χ0) is 104. The number of rotatable bonds is 78. The summed E-state index contributed by atoms with van der Waals surface area (Å²) in [4.78, 5) is 35.5. The minimum atomic E-state index is -0.424. The summed E-state index contributed by atoms with van der Waals surface area (Å²) >= 11 is 3.39. The number of ether oxygens (including phenoxy) is 9. The normalized spacial score (nSPS) is 11.2. The predicted octanol–water partition coefficient (Wildman–Crippen LogP) is 38.2. The van der Waals surface area contributed by atoms with Crippen LogP contribution in [0.25, 0.3) is 87.6 Å². The van der Waals surface area contributed by atoms with Crippen molar-refractivity contribution in [3.05, 3.63) is 246 Å². The average Bonchev–Trinajstić information content (AvgIpc) is 0.744. The molecule has 15 heteroatoms. The Balaban J connectivity index is 0.000000332. The third kappa shape index (κ3) is 45.0. The number of carbonyl (C=O) groups excluding carboxylic acids is 3. The predicted molar refractivity (Wildman–Crippen MR) is 619 cm³/mol. The van der Waals surface area contributed by atoms with Gasteiger partial charge in [0.1, 0.15) is 64.3 Å². The molecule has 0 amide bonds. The highest BCUT2D eigenvalue weighted by atomic mass is 79.9. The second kappa shape index (κ2) is 74.0. The Morgan fingerprint density at radius 3 is 0.630 bits per heavy atom. The monoisotopic (exact) mass is 2050 g/mol. The molecule has 0 heterocycles. The standard InChI is InChI=1S/C72H98O8.C46H58O4.C13H21BrO2/c1-7-13-15-17-19-21-27-35-53-77-71-65-49-43-60(58-41-47-64(48-42-58)76-52-34-30-24-26-32-38-70(74)80-62(11-5)12-6)56-68(65)72(78-54-36-28-22-20-18-16-14-8-2)66-50-44-59(55-67(66)71)57-39-45-63(46-40-57)75-51-33-29-23-25-31-37-69(73)79-61(9-3)10-4;1-3-5-7-9-11-13-15-17-31-49-45-41-29-23-38(36-21-27-40(48)28-22-36)34-44(41)46(50-32-18-16-14-12-10-8-6-4-2)42-30-24-37(33-43(42)45)35-19-25-39(47)26-20-35;1-3-12(4-2)16-13(15)10-8-6-5-7-9-11-14/h9-12,39-50,55-56,61-62H,3-8,13-38,51-54H2,1-2H3;19-30,33-34,47-48H,3-18,31-32H2,1-2H3;3-4,12H,1-2,5-11H2. The molecule has 0 radical (unpaired) electrons. The molecule has 10 aromatic rings. The maximum Gasteiger partial charge on any atom is 0.306 e. The van der Waals surface area contributed by atoms with E-state index < -0.39 is 12.2 Å². The molecule has 0 aliphatic rings. The Bertz CT molecular complexity index is 5050. The Morgan fingerprint density at radius 1 is 0.233 bits per heavy atom. The van der Waals surface area contributed by atoms with E-state index in [9.17, 15) is 24.6 Å². The zero-order valence-corrected chi connectivity index (χ0v) is 91.2. The van der Waals surface area contributed by atoms with Gasteiger partial charge < -0.3 is 52.8 Å². The zero-order valence-electron chi connectivity index (χ0n) is 89.6. The molecule has 10 rings (SSSR count). The Hall–Kier alpha value is -11.0. The number of aromatic hydroxyl groups is 2. The van der Waals surface area contributed by atoms with Gasteiger partial charge in [0, 0.05) is 67.7 Å². The van der Waals surface area contributed by atoms with Crippen molar-refractivity contribution in [2.45, 2.75) is 367 Å². The fraction of sp³-hybridized carbons (Fsp3) is 0.489. The molecule has 0 aliphatic heterocycles. The summed E-state index contributed by atoms with van der Waals surface area (Å²) in [5.74, 6) is 5.28. The van der Waals surface area contributed by atoms with Crippen LogP contribution in [0.15, 0.2) is 246 Å². The molecule has 14 nitrogen and oxygen atoms in total. The van der Waals surface area contributed by atoms with Crippen LogP contribution in [0.4, 0.5) is 0 Å². The lowest BCUT2D eigenvalue weighted by Crippen LogP contribution is -2.12. The summed E-state index contributed by atoms with van der Waals surface area (Å²) in [7, 11) is 0. The molecule has 0 saturated heterocycles. The Morgan fingerprint density at radius 2 is 0.418 bits per heavy atom. The molecular weight excluding hydrogens is 1880 g/mol. The first-order valence-corrected chi connectivity index (χ1v) is 57.3. The fourth-order valence-corrected chi connectivity index (χ4v) is 18.8. The van der Waals surface area contributed by atoms with E-state index in [0.29, 0.717) is 58.9 Å². The molecular formula is C131H177BrO14. The van der Waals surface area contributed by atoms with Gasteiger partial charge in [-0.15, -0.1) is 0 Å². The number of fused-ring (bicyclic) bond motifs is 4. The number of hydrogen-bond donors (Lipinski definition) is 2. The Labute approximate surface area is 886 Å². The first-order chi connectivity index (χ1) is 71.6. The first kappa shape index (κ1) is 120. The molecule has 0 aromatic heterocycles. The molecule has 0 fully saturated rings. The highest BCUT2D eigenvalue weighted by Crippen LogP contribution is 2.49. The lowest BCUT2D eigenvalue weighted by atomic mass is 9.94. The Kier molecular flexibility index (Phi) is 60.9. The molecule has 0 unspecified atom stereocenters. The van der Waals surface area contributed by atoms with Gasteiger partial charge in [0.05, 0.1) is 39.6 Å². The topological polar surface area (TPSA) is 175 Å². The van der Waals surface area contributed by atoms with Crippen LogP contribution < -0.4 is 28.4 Å². The number of phenols is 2. The third-order valence-corrected chi connectivity index (χ3v) is 27.6. The smallest absolute Gasteiger partial charge is 0.306 e. The van der Waals surface area contributed by atoms with Crippen LogP contribution in [0.2, 0.25) is 0 Å². The van der Waals surface area contributed by atoms with E-state index in [2.05, 4.69) is 204 Å². The van der Waals surface area contributed by atoms with E-state index >= 15 is 0 Å². The summed E-state index contributed by atoms with van der Waals surface area (Å²) < 4.78 is 55.6. The van der Waals surface area contributed by atoms with Crippen molar-refractivity contribution in [3.63, 3.8) is 0 Å². The van der Waals surface area contributed by atoms with Crippen LogP contribution in [0.5, 0.6) is 46.0 Å². The van der Waals surface area contributed by atoms with Crippen LogP contribution in [0.1, 0.15) is 349 Å². The van der Waals surface area contributed by atoms with Crippen molar-refractivity contribution in [2.75, 3.05) is 45.0 Å². The number of carbonyl (C=O) groups is 3. The van der Waals surface area contributed by atoms with E-state index in [1.54, 1.807) is 60.7 Å². The third-order valence-electron chi connectivity index (χ3n) is 27.1. The van der Waals surface area contributed by atoms with Crippen molar-refractivity contribution < 1.29 is 67.2 Å². The summed E-state index contributed by atoms with van der Waals surface area (Å²) in [6.45, 7) is 34.9. The van der Waals surface area contributed by atoms with Gasteiger partial charge in [0.25, 0.3) is 0 Å². The second-order valence-corrected chi connectivity index (χ2v) is 39.8. The second-order valence-electron chi connectivity index (χ2n) is 39.0. The fourth-order valence-electron chi connectivity index (χ4n) is 18.4. The number of alkyl halides is 1. The highest BCUT2D eigenvalue weighted by molar-refractivity contribution is 9.09. The van der Waals surface area contributed by atoms with E-state index in [1.807, 2.05) is 24.3 Å². The van der Waals surface area contributed by atoms with Gasteiger partial charge in [-0.2, -0.15) is 0 Å². The quantitative estimate of drug-likeness (QED) is 0.00920. The van der Waals surface area contributed by atoms with Gasteiger partial charge >= 0.3 is 17.9 Å². The van der Waals surface area contributed by atoms with Crippen molar-refractivity contribution in [1.29, 1.82) is 0 Å². The van der Waals surface area contributed by atoms with Gasteiger partial charge in [-0.25, -0.2) is 0 Å². The van der Waals surface area contributed by atoms with E-state index in [-0.39, 0.29) is 35.5 Å². The van der Waals surface area contributed by atoms with Crippen LogP contribution >= 0.6 is 15.9 Å². The highest BCUT2D eigenvalue weighted by Gasteiger charge is 2.23. The number of hydrogen-bond acceptors (Lipinski definition) is 14. The van der Waals surface area contributed by atoms with Crippen LogP contribution in [-0.2, 0) is 28.6 Å².